The smallest absolute Gasteiger partial charge is 0.410 e. The average molecular weight is 476 g/mol. The topological polar surface area (TPSA) is 96.3 Å². The van der Waals surface area contributed by atoms with E-state index in [-0.39, 0.29) is 30.7 Å². The minimum absolute atomic E-state index is 0.0718. The number of carbonyl (C=O) groups is 2. The van der Waals surface area contributed by atoms with E-state index in [1.165, 1.54) is 18.1 Å². The van der Waals surface area contributed by atoms with Gasteiger partial charge in [0, 0.05) is 17.5 Å². The number of fused-ring (bicyclic) bond motifs is 3. The molecule has 0 radical (unpaired) electrons. The number of phenols is 1. The van der Waals surface area contributed by atoms with E-state index in [2.05, 4.69) is 0 Å². The van der Waals surface area contributed by atoms with Crippen LogP contribution in [0.15, 0.2) is 66.7 Å². The Kier molecular flexibility index (Phi) is 6.96. The Morgan fingerprint density at radius 1 is 0.971 bits per heavy atom. The van der Waals surface area contributed by atoms with Crippen molar-refractivity contribution < 1.29 is 29.3 Å². The Bertz CT molecular complexity index is 1190. The number of phenolic OH excluding ortho intramolecular Hbond substituents is 1. The summed E-state index contributed by atoms with van der Waals surface area (Å²) >= 11 is 0. The number of nitrogens with zero attached hydrogens (tertiary/aromatic N) is 1. The highest BCUT2D eigenvalue weighted by Gasteiger charge is 2.35. The van der Waals surface area contributed by atoms with E-state index >= 15 is 0 Å². The monoisotopic (exact) mass is 475 g/mol. The second-order valence-electron chi connectivity index (χ2n) is 8.95. The number of rotatable bonds is 8. The molecule has 0 saturated heterocycles. The Hall–Kier alpha value is -4.00. The quantitative estimate of drug-likeness (QED) is 0.461. The highest BCUT2D eigenvalue weighted by atomic mass is 16.6. The van der Waals surface area contributed by atoms with Gasteiger partial charge in [0.2, 0.25) is 0 Å². The third-order valence-electron chi connectivity index (χ3n) is 6.42. The molecular formula is C28H29NO6. The van der Waals surface area contributed by atoms with Crippen LogP contribution in [0.5, 0.6) is 11.5 Å². The van der Waals surface area contributed by atoms with Crippen LogP contribution in [0.3, 0.4) is 0 Å². The van der Waals surface area contributed by atoms with Crippen molar-refractivity contribution in [1.82, 2.24) is 4.90 Å². The van der Waals surface area contributed by atoms with E-state index in [9.17, 15) is 19.8 Å². The van der Waals surface area contributed by atoms with Crippen molar-refractivity contribution in [2.24, 2.45) is 5.92 Å². The summed E-state index contributed by atoms with van der Waals surface area (Å²) in [6.45, 7) is 3.41. The molecule has 182 valence electrons. The summed E-state index contributed by atoms with van der Waals surface area (Å²) < 4.78 is 10.9. The number of carboxylic acid groups (broad SMARTS) is 1. The molecule has 3 aromatic rings. The van der Waals surface area contributed by atoms with E-state index in [0.29, 0.717) is 11.3 Å². The van der Waals surface area contributed by atoms with Gasteiger partial charge < -0.3 is 19.7 Å². The standard InChI is InChI=1S/C28H29NO6/c1-17(2)26(27(31)32)29(15-18-12-13-19(34-3)14-25(18)30)28(33)35-16-24-22-10-6-4-8-20(22)21-9-5-7-11-23(21)24/h4-14,17,24,26,30H,15-16H2,1-3H3,(H,31,32)/t26-/m0/s1. The maximum absolute atomic E-state index is 13.3. The van der Waals surface area contributed by atoms with E-state index in [0.717, 1.165) is 22.3 Å². The van der Waals surface area contributed by atoms with Gasteiger partial charge in [0.15, 0.2) is 0 Å². The summed E-state index contributed by atoms with van der Waals surface area (Å²) in [5.74, 6) is -1.30. The van der Waals surface area contributed by atoms with Crippen LogP contribution in [-0.2, 0) is 16.1 Å². The third-order valence-corrected chi connectivity index (χ3v) is 6.42. The summed E-state index contributed by atoms with van der Waals surface area (Å²) in [4.78, 5) is 26.6. The average Bonchev–Trinajstić information content (AvgIpc) is 3.16. The van der Waals surface area contributed by atoms with Gasteiger partial charge in [-0.15, -0.1) is 0 Å². The Morgan fingerprint density at radius 2 is 1.57 bits per heavy atom. The Balaban J connectivity index is 1.60. The van der Waals surface area contributed by atoms with E-state index in [1.807, 2.05) is 48.5 Å². The number of carbonyl (C=O) groups excluding carboxylic acids is 1. The molecule has 4 rings (SSSR count). The molecule has 35 heavy (non-hydrogen) atoms. The van der Waals surface area contributed by atoms with Crippen LogP contribution in [0.4, 0.5) is 4.79 Å². The van der Waals surface area contributed by atoms with Crippen LogP contribution in [0.1, 0.15) is 36.5 Å². The number of aromatic hydroxyl groups is 1. The molecule has 0 aliphatic heterocycles. The maximum atomic E-state index is 13.3. The first-order valence-corrected chi connectivity index (χ1v) is 11.5. The van der Waals surface area contributed by atoms with Crippen LogP contribution in [0.2, 0.25) is 0 Å². The molecule has 0 saturated carbocycles. The molecule has 7 nitrogen and oxygen atoms in total. The summed E-state index contributed by atoms with van der Waals surface area (Å²) in [5, 5.41) is 20.3. The lowest BCUT2D eigenvalue weighted by Crippen LogP contribution is -2.48. The van der Waals surface area contributed by atoms with Crippen molar-refractivity contribution in [1.29, 1.82) is 0 Å². The van der Waals surface area contributed by atoms with Crippen molar-refractivity contribution in [2.75, 3.05) is 13.7 Å². The zero-order valence-electron chi connectivity index (χ0n) is 20.0. The number of benzene rings is 3. The maximum Gasteiger partial charge on any atom is 0.410 e. The molecule has 1 atom stereocenters. The lowest BCUT2D eigenvalue weighted by atomic mass is 9.98. The highest BCUT2D eigenvalue weighted by Crippen LogP contribution is 2.44. The molecule has 2 N–H and O–H groups in total. The minimum atomic E-state index is -1.14. The van der Waals surface area contributed by atoms with Gasteiger partial charge in [-0.25, -0.2) is 9.59 Å². The van der Waals surface area contributed by atoms with Crippen LogP contribution in [0, 0.1) is 5.92 Å². The van der Waals surface area contributed by atoms with Crippen LogP contribution >= 0.6 is 0 Å². The SMILES string of the molecule is COc1ccc(CN(C(=O)OCC2c3ccccc3-c3ccccc32)[C@H](C(=O)O)C(C)C)c(O)c1. The zero-order valence-corrected chi connectivity index (χ0v) is 20.0. The molecule has 3 aromatic carbocycles. The largest absolute Gasteiger partial charge is 0.507 e. The number of hydrogen-bond donors (Lipinski definition) is 2. The number of amides is 1. The number of methoxy groups -OCH3 is 1. The third kappa shape index (κ3) is 4.80. The molecule has 1 aliphatic rings. The van der Waals surface area contributed by atoms with Crippen molar-refractivity contribution in [3.8, 4) is 22.6 Å². The van der Waals surface area contributed by atoms with Crippen LogP contribution < -0.4 is 4.74 Å². The Labute approximate surface area is 204 Å². The first kappa shape index (κ1) is 24.1. The van der Waals surface area contributed by atoms with Crippen molar-refractivity contribution in [2.45, 2.75) is 32.4 Å². The number of carboxylic acids is 1. The van der Waals surface area contributed by atoms with Gasteiger partial charge in [-0.3, -0.25) is 4.90 Å². The van der Waals surface area contributed by atoms with Gasteiger partial charge in [0.25, 0.3) is 0 Å². The second-order valence-corrected chi connectivity index (χ2v) is 8.95. The summed E-state index contributed by atoms with van der Waals surface area (Å²) in [6, 6.07) is 19.6. The number of hydrogen-bond acceptors (Lipinski definition) is 5. The van der Waals surface area contributed by atoms with Crippen molar-refractivity contribution in [3.63, 3.8) is 0 Å². The fourth-order valence-corrected chi connectivity index (χ4v) is 4.72. The van der Waals surface area contributed by atoms with E-state index in [1.54, 1.807) is 26.0 Å². The predicted molar refractivity (Wildman–Crippen MR) is 132 cm³/mol. The normalized spacial score (nSPS) is 13.1. The van der Waals surface area contributed by atoms with Crippen LogP contribution in [0.25, 0.3) is 11.1 Å². The lowest BCUT2D eigenvalue weighted by molar-refractivity contribution is -0.144. The Morgan fingerprint density at radius 3 is 2.09 bits per heavy atom. The summed E-state index contributed by atoms with van der Waals surface area (Å²) in [7, 11) is 1.48. The molecule has 1 aliphatic carbocycles. The van der Waals surface area contributed by atoms with Gasteiger partial charge in [-0.05, 0) is 40.3 Å². The molecule has 0 aromatic heterocycles. The van der Waals surface area contributed by atoms with Gasteiger partial charge >= 0.3 is 12.1 Å². The minimum Gasteiger partial charge on any atom is -0.507 e. The van der Waals surface area contributed by atoms with E-state index in [4.69, 9.17) is 9.47 Å². The summed E-state index contributed by atoms with van der Waals surface area (Å²) in [6.07, 6.45) is -0.747. The van der Waals surface area contributed by atoms with Crippen LogP contribution in [-0.4, -0.2) is 46.9 Å². The molecule has 0 fully saturated rings. The second kappa shape index (κ2) is 10.1. The zero-order chi connectivity index (χ0) is 25.1. The van der Waals surface area contributed by atoms with E-state index < -0.39 is 18.1 Å². The molecule has 7 heteroatoms. The molecule has 0 heterocycles. The fraction of sp³-hybridized carbons (Fsp3) is 0.286. The number of aliphatic carboxylic acids is 1. The van der Waals surface area contributed by atoms with Gasteiger partial charge in [-0.2, -0.15) is 0 Å². The van der Waals surface area contributed by atoms with Gasteiger partial charge in [0.05, 0.1) is 13.7 Å². The first-order chi connectivity index (χ1) is 16.8. The molecular weight excluding hydrogens is 446 g/mol. The summed E-state index contributed by atoms with van der Waals surface area (Å²) in [5.41, 5.74) is 4.75. The highest BCUT2D eigenvalue weighted by molar-refractivity contribution is 5.81. The van der Waals surface area contributed by atoms with Gasteiger partial charge in [0.1, 0.15) is 24.1 Å². The van der Waals surface area contributed by atoms with Crippen molar-refractivity contribution in [3.05, 3.63) is 83.4 Å². The first-order valence-electron chi connectivity index (χ1n) is 11.5. The predicted octanol–water partition coefficient (Wildman–Crippen LogP) is 5.26. The van der Waals surface area contributed by atoms with Gasteiger partial charge in [-0.1, -0.05) is 62.4 Å². The fourth-order valence-electron chi connectivity index (χ4n) is 4.72. The molecule has 0 bridgehead atoms. The molecule has 0 unspecified atom stereocenters. The lowest BCUT2D eigenvalue weighted by Gasteiger charge is -2.31. The molecule has 0 spiro atoms. The number of ether oxygens (including phenoxy) is 2. The molecule has 1 amide bonds. The van der Waals surface area contributed by atoms with Crippen molar-refractivity contribution >= 4 is 12.1 Å².